The van der Waals surface area contributed by atoms with Crippen LogP contribution >= 0.6 is 0 Å². The van der Waals surface area contributed by atoms with Crippen LogP contribution in [0, 0.1) is 6.92 Å². The van der Waals surface area contributed by atoms with E-state index in [4.69, 9.17) is 5.73 Å². The van der Waals surface area contributed by atoms with Crippen LogP contribution in [0.15, 0.2) is 24.3 Å². The summed E-state index contributed by atoms with van der Waals surface area (Å²) in [4.78, 5) is 13.2. The molecule has 0 fully saturated rings. The molecule has 3 N–H and O–H groups in total. The molecule has 0 spiro atoms. The Hall–Kier alpha value is -2.50. The molecule has 6 heteroatoms. The summed E-state index contributed by atoms with van der Waals surface area (Å²) in [5.41, 5.74) is 8.87. The first kappa shape index (κ1) is 13.9. The molecule has 1 heterocycles. The second kappa shape index (κ2) is 5.24. The Labute approximate surface area is 117 Å². The fourth-order valence-corrected chi connectivity index (χ4v) is 2.20. The molecule has 0 aliphatic carbocycles. The molecule has 6 nitrogen and oxygen atoms in total. The lowest BCUT2D eigenvalue weighted by atomic mass is 10.1. The van der Waals surface area contributed by atoms with Crippen molar-refractivity contribution in [1.82, 2.24) is 9.78 Å². The number of carbonyl (C=O) groups is 1. The van der Waals surface area contributed by atoms with Gasteiger partial charge in [0.1, 0.15) is 0 Å². The minimum absolute atomic E-state index is 0.200. The molecule has 0 atom stereocenters. The van der Waals surface area contributed by atoms with Crippen LogP contribution in [0.4, 0.5) is 11.4 Å². The van der Waals surface area contributed by atoms with Gasteiger partial charge in [0.2, 0.25) is 0 Å². The van der Waals surface area contributed by atoms with Gasteiger partial charge in [-0.1, -0.05) is 0 Å². The van der Waals surface area contributed by atoms with Crippen molar-refractivity contribution in [3.8, 4) is 0 Å². The largest absolute Gasteiger partial charge is 0.478 e. The summed E-state index contributed by atoms with van der Waals surface area (Å²) in [6.07, 6.45) is 0. The van der Waals surface area contributed by atoms with Crippen molar-refractivity contribution in [2.45, 2.75) is 13.5 Å². The molecule has 0 amide bonds. The Bertz CT molecular complexity index is 649. The van der Waals surface area contributed by atoms with Gasteiger partial charge in [0.05, 0.1) is 29.2 Å². The van der Waals surface area contributed by atoms with Crippen LogP contribution in [-0.4, -0.2) is 27.9 Å². The van der Waals surface area contributed by atoms with E-state index in [-0.39, 0.29) is 5.56 Å². The van der Waals surface area contributed by atoms with Crippen molar-refractivity contribution in [2.75, 3.05) is 17.7 Å². The zero-order valence-electron chi connectivity index (χ0n) is 11.8. The molecule has 0 saturated carbocycles. The van der Waals surface area contributed by atoms with Gasteiger partial charge in [-0.15, -0.1) is 0 Å². The van der Waals surface area contributed by atoms with Gasteiger partial charge in [0.25, 0.3) is 0 Å². The molecule has 0 unspecified atom stereocenters. The van der Waals surface area contributed by atoms with Crippen LogP contribution in [0.1, 0.15) is 21.7 Å². The van der Waals surface area contributed by atoms with E-state index >= 15 is 0 Å². The van der Waals surface area contributed by atoms with Gasteiger partial charge >= 0.3 is 5.97 Å². The Balaban J connectivity index is 2.31. The molecule has 1 aromatic heterocycles. The maximum atomic E-state index is 11.3. The number of rotatable bonds is 4. The molecular formula is C14H18N4O2. The lowest BCUT2D eigenvalue weighted by Crippen LogP contribution is -2.21. The molecule has 0 aliphatic heterocycles. The average molecular weight is 274 g/mol. The predicted octanol–water partition coefficient (Wildman–Crippen LogP) is 1.65. The first-order chi connectivity index (χ1) is 9.38. The molecule has 2 aromatic rings. The van der Waals surface area contributed by atoms with E-state index in [1.165, 1.54) is 6.07 Å². The van der Waals surface area contributed by atoms with Crippen molar-refractivity contribution in [3.05, 3.63) is 41.2 Å². The second-order valence-corrected chi connectivity index (χ2v) is 4.84. The van der Waals surface area contributed by atoms with Crippen LogP contribution in [0.5, 0.6) is 0 Å². The van der Waals surface area contributed by atoms with E-state index < -0.39 is 5.97 Å². The van der Waals surface area contributed by atoms with Gasteiger partial charge in [-0.25, -0.2) is 4.79 Å². The fourth-order valence-electron chi connectivity index (χ4n) is 2.20. The lowest BCUT2D eigenvalue weighted by molar-refractivity contribution is 0.0697. The van der Waals surface area contributed by atoms with Gasteiger partial charge in [-0.05, 0) is 31.2 Å². The zero-order valence-corrected chi connectivity index (χ0v) is 11.8. The van der Waals surface area contributed by atoms with E-state index in [9.17, 15) is 9.90 Å². The number of carboxylic acid groups (broad SMARTS) is 1. The number of benzene rings is 1. The average Bonchev–Trinajstić information content (AvgIpc) is 2.67. The number of aromatic carboxylic acids is 1. The Morgan fingerprint density at radius 1 is 1.45 bits per heavy atom. The third kappa shape index (κ3) is 2.74. The quantitative estimate of drug-likeness (QED) is 0.828. The molecule has 0 bridgehead atoms. The summed E-state index contributed by atoms with van der Waals surface area (Å²) in [5.74, 6) is -0.986. The standard InChI is InChI=1S/C14H18N4O2/c1-9-6-11(18(3)16-9)8-17(2)13-5-4-10(15)7-12(13)14(19)20/h4-7H,8,15H2,1-3H3,(H,19,20). The highest BCUT2D eigenvalue weighted by Crippen LogP contribution is 2.23. The maximum absolute atomic E-state index is 11.3. The molecule has 106 valence electrons. The summed E-state index contributed by atoms with van der Waals surface area (Å²) in [5, 5.41) is 13.5. The van der Waals surface area contributed by atoms with E-state index in [1.807, 2.05) is 32.0 Å². The van der Waals surface area contributed by atoms with E-state index in [0.717, 1.165) is 11.4 Å². The Morgan fingerprint density at radius 3 is 2.70 bits per heavy atom. The highest BCUT2D eigenvalue weighted by molar-refractivity contribution is 5.95. The number of anilines is 2. The minimum atomic E-state index is -0.986. The van der Waals surface area contributed by atoms with Crippen molar-refractivity contribution in [2.24, 2.45) is 7.05 Å². The number of hydrogen-bond donors (Lipinski definition) is 2. The monoisotopic (exact) mass is 274 g/mol. The molecule has 1 aromatic carbocycles. The number of hydrogen-bond acceptors (Lipinski definition) is 4. The Morgan fingerprint density at radius 2 is 2.15 bits per heavy atom. The van der Waals surface area contributed by atoms with Crippen LogP contribution in [-0.2, 0) is 13.6 Å². The van der Waals surface area contributed by atoms with Gasteiger partial charge in [-0.3, -0.25) is 4.68 Å². The number of nitrogens with two attached hydrogens (primary N) is 1. The minimum Gasteiger partial charge on any atom is -0.478 e. The van der Waals surface area contributed by atoms with Crippen molar-refractivity contribution >= 4 is 17.3 Å². The SMILES string of the molecule is Cc1cc(CN(C)c2ccc(N)cc2C(=O)O)n(C)n1. The summed E-state index contributed by atoms with van der Waals surface area (Å²) < 4.78 is 1.80. The van der Waals surface area contributed by atoms with E-state index in [1.54, 1.807) is 16.8 Å². The van der Waals surface area contributed by atoms with Crippen LogP contribution in [0.25, 0.3) is 0 Å². The lowest BCUT2D eigenvalue weighted by Gasteiger charge is -2.21. The zero-order chi connectivity index (χ0) is 14.9. The first-order valence-electron chi connectivity index (χ1n) is 6.22. The topological polar surface area (TPSA) is 84.4 Å². The van der Waals surface area contributed by atoms with Crippen LogP contribution < -0.4 is 10.6 Å². The number of nitrogens with zero attached hydrogens (tertiary/aromatic N) is 3. The number of nitrogen functional groups attached to an aromatic ring is 1. The summed E-state index contributed by atoms with van der Waals surface area (Å²) in [6, 6.07) is 6.88. The number of aryl methyl sites for hydroxylation is 2. The van der Waals surface area contributed by atoms with Gasteiger partial charge < -0.3 is 15.7 Å². The van der Waals surface area contributed by atoms with Crippen LogP contribution in [0.3, 0.4) is 0 Å². The van der Waals surface area contributed by atoms with Gasteiger partial charge in [0.15, 0.2) is 0 Å². The fraction of sp³-hybridized carbons (Fsp3) is 0.286. The van der Waals surface area contributed by atoms with Gasteiger partial charge in [0, 0.05) is 19.8 Å². The molecule has 20 heavy (non-hydrogen) atoms. The first-order valence-corrected chi connectivity index (χ1v) is 6.22. The molecular weight excluding hydrogens is 256 g/mol. The Kier molecular flexibility index (Phi) is 3.65. The predicted molar refractivity (Wildman–Crippen MR) is 77.9 cm³/mol. The third-order valence-corrected chi connectivity index (χ3v) is 3.16. The maximum Gasteiger partial charge on any atom is 0.337 e. The smallest absolute Gasteiger partial charge is 0.337 e. The highest BCUT2D eigenvalue weighted by Gasteiger charge is 2.15. The molecule has 0 saturated heterocycles. The molecule has 0 radical (unpaired) electrons. The molecule has 2 rings (SSSR count). The van der Waals surface area contributed by atoms with Crippen molar-refractivity contribution in [1.29, 1.82) is 0 Å². The molecule has 0 aliphatic rings. The third-order valence-electron chi connectivity index (χ3n) is 3.16. The van der Waals surface area contributed by atoms with Gasteiger partial charge in [-0.2, -0.15) is 5.10 Å². The summed E-state index contributed by atoms with van der Waals surface area (Å²) in [6.45, 7) is 2.50. The van der Waals surface area contributed by atoms with Crippen LogP contribution in [0.2, 0.25) is 0 Å². The van der Waals surface area contributed by atoms with Crippen molar-refractivity contribution in [3.63, 3.8) is 0 Å². The number of carboxylic acids is 1. The summed E-state index contributed by atoms with van der Waals surface area (Å²) in [7, 11) is 3.72. The number of aromatic nitrogens is 2. The van der Waals surface area contributed by atoms with E-state index in [2.05, 4.69) is 5.10 Å². The van der Waals surface area contributed by atoms with Crippen molar-refractivity contribution < 1.29 is 9.90 Å². The normalized spacial score (nSPS) is 10.6. The van der Waals surface area contributed by atoms with E-state index in [0.29, 0.717) is 17.9 Å². The highest BCUT2D eigenvalue weighted by atomic mass is 16.4. The second-order valence-electron chi connectivity index (χ2n) is 4.84. The summed E-state index contributed by atoms with van der Waals surface area (Å²) >= 11 is 0.